The van der Waals surface area contributed by atoms with Gasteiger partial charge in [0.2, 0.25) is 0 Å². The minimum absolute atomic E-state index is 0.00561. The Bertz CT molecular complexity index is 1090. The molecule has 4 amide bonds. The van der Waals surface area contributed by atoms with Crippen LogP contribution < -0.4 is 16.0 Å². The first-order valence-corrected chi connectivity index (χ1v) is 13.1. The van der Waals surface area contributed by atoms with Crippen molar-refractivity contribution in [1.82, 2.24) is 20.9 Å². The fraction of sp³-hybridized carbons (Fsp3) is 0.448. The molecule has 1 aliphatic rings. The number of carbonyl (C=O) groups is 3. The molecular weight excluding hydrogens is 482 g/mol. The number of urea groups is 1. The lowest BCUT2D eigenvalue weighted by Crippen LogP contribution is -2.60. The predicted molar refractivity (Wildman–Crippen MR) is 144 cm³/mol. The molecule has 0 bridgehead atoms. The van der Waals surface area contributed by atoms with Crippen LogP contribution in [0, 0.1) is 17.2 Å². The molecule has 0 saturated carbocycles. The van der Waals surface area contributed by atoms with Gasteiger partial charge in [0.15, 0.2) is 6.10 Å². The van der Waals surface area contributed by atoms with E-state index in [4.69, 9.17) is 4.74 Å². The fourth-order valence-electron chi connectivity index (χ4n) is 4.51. The second kappa shape index (κ2) is 14.1. The molecule has 2 aromatic rings. The van der Waals surface area contributed by atoms with Gasteiger partial charge < -0.3 is 20.7 Å². The molecule has 9 nitrogen and oxygen atoms in total. The normalized spacial score (nSPS) is 17.9. The number of nitrogens with one attached hydrogen (secondary N) is 3. The SMILES string of the molecule is CC(C)CC(OC(=O)NCc1ccccc1)C(=O)N(C(=O)NCc1ccccc1)C1(C#N)CCCNCC1. The summed E-state index contributed by atoms with van der Waals surface area (Å²) in [4.78, 5) is 41.3. The Labute approximate surface area is 224 Å². The van der Waals surface area contributed by atoms with Crippen molar-refractivity contribution in [1.29, 1.82) is 5.26 Å². The maximum Gasteiger partial charge on any atom is 0.408 e. The van der Waals surface area contributed by atoms with Gasteiger partial charge in [-0.2, -0.15) is 5.26 Å². The van der Waals surface area contributed by atoms with Crippen LogP contribution in [0.1, 0.15) is 50.7 Å². The van der Waals surface area contributed by atoms with Gasteiger partial charge in [0.1, 0.15) is 5.54 Å². The molecule has 0 aliphatic carbocycles. The van der Waals surface area contributed by atoms with Crippen LogP contribution in [0.5, 0.6) is 0 Å². The van der Waals surface area contributed by atoms with Crippen molar-refractivity contribution < 1.29 is 19.1 Å². The van der Waals surface area contributed by atoms with Gasteiger partial charge in [0, 0.05) is 13.1 Å². The summed E-state index contributed by atoms with van der Waals surface area (Å²) in [5.41, 5.74) is 0.380. The Morgan fingerprint density at radius 2 is 1.58 bits per heavy atom. The highest BCUT2D eigenvalue weighted by atomic mass is 16.6. The third-order valence-corrected chi connectivity index (χ3v) is 6.50. The fourth-order valence-corrected chi connectivity index (χ4v) is 4.51. The quantitative estimate of drug-likeness (QED) is 0.458. The maximum atomic E-state index is 14.0. The molecule has 9 heteroatoms. The molecule has 0 radical (unpaired) electrons. The van der Waals surface area contributed by atoms with Crippen LogP contribution in [-0.2, 0) is 22.6 Å². The zero-order chi connectivity index (χ0) is 27.4. The van der Waals surface area contributed by atoms with Gasteiger partial charge in [0.25, 0.3) is 5.91 Å². The molecule has 1 heterocycles. The van der Waals surface area contributed by atoms with Crippen molar-refractivity contribution in [3.8, 4) is 6.07 Å². The van der Waals surface area contributed by atoms with E-state index in [9.17, 15) is 19.6 Å². The molecule has 1 saturated heterocycles. The summed E-state index contributed by atoms with van der Waals surface area (Å²) >= 11 is 0. The van der Waals surface area contributed by atoms with E-state index in [-0.39, 0.29) is 31.8 Å². The van der Waals surface area contributed by atoms with E-state index in [1.807, 2.05) is 74.5 Å². The Kier molecular flexibility index (Phi) is 10.7. The van der Waals surface area contributed by atoms with E-state index in [1.54, 1.807) is 0 Å². The summed E-state index contributed by atoms with van der Waals surface area (Å²) < 4.78 is 5.60. The number of nitrogens with zero attached hydrogens (tertiary/aromatic N) is 2. The Balaban J connectivity index is 1.84. The Hall–Kier alpha value is -3.90. The van der Waals surface area contributed by atoms with Crippen LogP contribution in [0.15, 0.2) is 60.7 Å². The van der Waals surface area contributed by atoms with Gasteiger partial charge in [-0.15, -0.1) is 0 Å². The molecule has 2 aromatic carbocycles. The van der Waals surface area contributed by atoms with Crippen molar-refractivity contribution in [3.05, 3.63) is 71.8 Å². The van der Waals surface area contributed by atoms with Gasteiger partial charge in [-0.25, -0.2) is 14.5 Å². The highest BCUT2D eigenvalue weighted by Gasteiger charge is 2.47. The number of rotatable bonds is 9. The van der Waals surface area contributed by atoms with E-state index < -0.39 is 29.7 Å². The molecule has 1 fully saturated rings. The van der Waals surface area contributed by atoms with Crippen LogP contribution in [0.3, 0.4) is 0 Å². The molecule has 2 atom stereocenters. The van der Waals surface area contributed by atoms with E-state index in [2.05, 4.69) is 22.0 Å². The topological polar surface area (TPSA) is 124 Å². The average molecular weight is 520 g/mol. The van der Waals surface area contributed by atoms with Crippen molar-refractivity contribution >= 4 is 18.0 Å². The molecule has 202 valence electrons. The molecule has 1 aliphatic heterocycles. The van der Waals surface area contributed by atoms with E-state index in [0.29, 0.717) is 25.9 Å². The molecule has 38 heavy (non-hydrogen) atoms. The zero-order valence-corrected chi connectivity index (χ0v) is 22.1. The van der Waals surface area contributed by atoms with Crippen LogP contribution in [-0.4, -0.2) is 47.7 Å². The van der Waals surface area contributed by atoms with Gasteiger partial charge in [0.05, 0.1) is 6.07 Å². The maximum absolute atomic E-state index is 14.0. The number of imide groups is 1. The Morgan fingerprint density at radius 3 is 2.16 bits per heavy atom. The minimum atomic E-state index is -1.36. The summed E-state index contributed by atoms with van der Waals surface area (Å²) in [6.07, 6.45) is -0.546. The van der Waals surface area contributed by atoms with Crippen molar-refractivity contribution in [2.24, 2.45) is 5.92 Å². The monoisotopic (exact) mass is 519 g/mol. The first-order valence-electron chi connectivity index (χ1n) is 13.1. The van der Waals surface area contributed by atoms with Gasteiger partial charge >= 0.3 is 12.1 Å². The van der Waals surface area contributed by atoms with Gasteiger partial charge in [-0.1, -0.05) is 74.5 Å². The number of nitriles is 1. The average Bonchev–Trinajstić information content (AvgIpc) is 3.18. The highest BCUT2D eigenvalue weighted by molar-refractivity contribution is 5.98. The van der Waals surface area contributed by atoms with E-state index in [1.165, 1.54) is 0 Å². The summed E-state index contributed by atoms with van der Waals surface area (Å²) in [5.74, 6) is -0.698. The van der Waals surface area contributed by atoms with Gasteiger partial charge in [-0.05, 0) is 55.8 Å². The molecule has 3 N–H and O–H groups in total. The van der Waals surface area contributed by atoms with Crippen molar-refractivity contribution in [3.63, 3.8) is 0 Å². The predicted octanol–water partition coefficient (Wildman–Crippen LogP) is 4.10. The van der Waals surface area contributed by atoms with Crippen LogP contribution in [0.2, 0.25) is 0 Å². The van der Waals surface area contributed by atoms with Crippen molar-refractivity contribution in [2.45, 2.75) is 64.3 Å². The standard InChI is InChI=1S/C29H37N5O4/c1-22(2)18-25(38-28(37)33-20-24-12-7-4-8-13-24)26(35)34(29(21-30)14-9-16-31-17-15-29)27(36)32-19-23-10-5-3-6-11-23/h3-8,10-13,22,25,31H,9,14-20H2,1-2H3,(H,32,36)(H,33,37). The van der Waals surface area contributed by atoms with Crippen LogP contribution in [0.25, 0.3) is 0 Å². The molecule has 2 unspecified atom stereocenters. The molecule has 0 aromatic heterocycles. The molecule has 3 rings (SSSR count). The second-order valence-electron chi connectivity index (χ2n) is 9.93. The lowest BCUT2D eigenvalue weighted by atomic mass is 9.89. The zero-order valence-electron chi connectivity index (χ0n) is 22.1. The first-order chi connectivity index (χ1) is 18.3. The third kappa shape index (κ3) is 8.05. The van der Waals surface area contributed by atoms with E-state index in [0.717, 1.165) is 16.0 Å². The summed E-state index contributed by atoms with van der Waals surface area (Å²) in [6, 6.07) is 20.3. The number of ether oxygens (including phenoxy) is 1. The summed E-state index contributed by atoms with van der Waals surface area (Å²) in [7, 11) is 0. The molecule has 0 spiro atoms. The van der Waals surface area contributed by atoms with Crippen LogP contribution >= 0.6 is 0 Å². The lowest BCUT2D eigenvalue weighted by molar-refractivity contribution is -0.142. The number of hydrogen-bond donors (Lipinski definition) is 3. The number of amides is 4. The smallest absolute Gasteiger partial charge is 0.408 e. The number of alkyl carbamates (subject to hydrolysis) is 1. The number of carbonyl (C=O) groups excluding carboxylic acids is 3. The summed E-state index contributed by atoms with van der Waals surface area (Å²) in [6.45, 7) is 5.40. The largest absolute Gasteiger partial charge is 0.436 e. The van der Waals surface area contributed by atoms with E-state index >= 15 is 0 Å². The highest BCUT2D eigenvalue weighted by Crippen LogP contribution is 2.29. The van der Waals surface area contributed by atoms with Crippen molar-refractivity contribution in [2.75, 3.05) is 13.1 Å². The number of hydrogen-bond acceptors (Lipinski definition) is 6. The summed E-state index contributed by atoms with van der Waals surface area (Å²) in [5, 5.41) is 19.0. The third-order valence-electron chi connectivity index (χ3n) is 6.50. The lowest BCUT2D eigenvalue weighted by Gasteiger charge is -2.38. The Morgan fingerprint density at radius 1 is 0.974 bits per heavy atom. The first kappa shape index (κ1) is 28.7. The second-order valence-corrected chi connectivity index (χ2v) is 9.93. The van der Waals surface area contributed by atoms with Crippen LogP contribution in [0.4, 0.5) is 9.59 Å². The molecular formula is C29H37N5O4. The minimum Gasteiger partial charge on any atom is -0.436 e. The van der Waals surface area contributed by atoms with Gasteiger partial charge in [-0.3, -0.25) is 4.79 Å². The number of benzene rings is 2.